The van der Waals surface area contributed by atoms with Crippen molar-refractivity contribution >= 4 is 16.7 Å². The highest BCUT2D eigenvalue weighted by Crippen LogP contribution is 2.08. The Morgan fingerprint density at radius 2 is 1.88 bits per heavy atom. The van der Waals surface area contributed by atoms with Crippen molar-refractivity contribution in [2.24, 2.45) is 5.73 Å². The van der Waals surface area contributed by atoms with Crippen molar-refractivity contribution in [3.8, 4) is 0 Å². The molecular weight excluding hydrogens is 236 g/mol. The Labute approximate surface area is 107 Å². The third kappa shape index (κ3) is 6.17. The average molecular weight is 262 g/mol. The van der Waals surface area contributed by atoms with Gasteiger partial charge in [0.15, 0.2) is 0 Å². The summed E-state index contributed by atoms with van der Waals surface area (Å²) in [6, 6.07) is 0.150. The van der Waals surface area contributed by atoms with E-state index >= 15 is 0 Å². The van der Waals surface area contributed by atoms with Crippen molar-refractivity contribution in [3.63, 3.8) is 0 Å². The molecule has 0 heterocycles. The van der Waals surface area contributed by atoms with Crippen LogP contribution in [0.3, 0.4) is 0 Å². The van der Waals surface area contributed by atoms with Crippen LogP contribution in [0, 0.1) is 0 Å². The molecule has 0 saturated carbocycles. The standard InChI is InChI=1S/C12H26N2O2S/c1-5-6-9(2)14-12(15)11(4)17(16)10(3)7-8-13/h9-11H,5-8,13H2,1-4H3,(H,14,15). The van der Waals surface area contributed by atoms with Crippen molar-refractivity contribution in [1.29, 1.82) is 0 Å². The van der Waals surface area contributed by atoms with Gasteiger partial charge in [-0.1, -0.05) is 20.3 Å². The fraction of sp³-hybridized carbons (Fsp3) is 0.917. The maximum Gasteiger partial charge on any atom is 0.235 e. The molecule has 4 unspecified atom stereocenters. The highest BCUT2D eigenvalue weighted by atomic mass is 32.2. The number of hydrogen-bond acceptors (Lipinski definition) is 3. The topological polar surface area (TPSA) is 72.2 Å². The predicted molar refractivity (Wildman–Crippen MR) is 73.3 cm³/mol. The summed E-state index contributed by atoms with van der Waals surface area (Å²) in [5.41, 5.74) is 5.43. The van der Waals surface area contributed by atoms with E-state index in [1.54, 1.807) is 6.92 Å². The van der Waals surface area contributed by atoms with Gasteiger partial charge in [0.1, 0.15) is 5.25 Å². The number of carbonyl (C=O) groups excluding carboxylic acids is 1. The highest BCUT2D eigenvalue weighted by molar-refractivity contribution is 7.87. The van der Waals surface area contributed by atoms with E-state index in [0.717, 1.165) is 12.8 Å². The van der Waals surface area contributed by atoms with Crippen molar-refractivity contribution in [2.45, 2.75) is 63.5 Å². The molecule has 3 N–H and O–H groups in total. The lowest BCUT2D eigenvalue weighted by Crippen LogP contribution is -2.42. The van der Waals surface area contributed by atoms with Gasteiger partial charge in [-0.15, -0.1) is 0 Å². The van der Waals surface area contributed by atoms with E-state index < -0.39 is 16.0 Å². The summed E-state index contributed by atoms with van der Waals surface area (Å²) in [7, 11) is -1.15. The van der Waals surface area contributed by atoms with Crippen LogP contribution < -0.4 is 11.1 Å². The lowest BCUT2D eigenvalue weighted by atomic mass is 10.2. The molecule has 17 heavy (non-hydrogen) atoms. The number of nitrogens with two attached hydrogens (primary N) is 1. The zero-order chi connectivity index (χ0) is 13.4. The van der Waals surface area contributed by atoms with Crippen LogP contribution in [-0.2, 0) is 15.6 Å². The second-order valence-corrected chi connectivity index (χ2v) is 6.73. The molecule has 0 saturated heterocycles. The molecule has 0 aliphatic rings. The molecule has 0 aromatic carbocycles. The number of rotatable bonds is 8. The van der Waals surface area contributed by atoms with Gasteiger partial charge < -0.3 is 11.1 Å². The third-order valence-corrected chi connectivity index (χ3v) is 4.74. The monoisotopic (exact) mass is 262 g/mol. The van der Waals surface area contributed by atoms with Crippen LogP contribution in [0.2, 0.25) is 0 Å². The van der Waals surface area contributed by atoms with Crippen molar-refractivity contribution in [2.75, 3.05) is 6.54 Å². The van der Waals surface area contributed by atoms with E-state index in [1.807, 2.05) is 13.8 Å². The normalized spacial score (nSPS) is 18.2. The van der Waals surface area contributed by atoms with E-state index in [0.29, 0.717) is 13.0 Å². The molecule has 4 atom stereocenters. The van der Waals surface area contributed by atoms with Gasteiger partial charge in [-0.05, 0) is 33.2 Å². The second kappa shape index (κ2) is 8.64. The average Bonchev–Trinajstić information content (AvgIpc) is 2.27. The van der Waals surface area contributed by atoms with Gasteiger partial charge in [-0.3, -0.25) is 9.00 Å². The lowest BCUT2D eigenvalue weighted by Gasteiger charge is -2.19. The molecule has 5 heteroatoms. The van der Waals surface area contributed by atoms with Crippen LogP contribution in [-0.4, -0.2) is 33.2 Å². The van der Waals surface area contributed by atoms with E-state index in [9.17, 15) is 9.00 Å². The Morgan fingerprint density at radius 3 is 2.35 bits per heavy atom. The molecule has 0 aromatic rings. The summed E-state index contributed by atoms with van der Waals surface area (Å²) in [6.45, 7) is 8.15. The molecule has 0 bridgehead atoms. The minimum atomic E-state index is -1.15. The van der Waals surface area contributed by atoms with Gasteiger partial charge in [0, 0.05) is 22.1 Å². The molecule has 0 aliphatic heterocycles. The van der Waals surface area contributed by atoms with Crippen molar-refractivity contribution < 1.29 is 9.00 Å². The first-order chi connectivity index (χ1) is 7.93. The summed E-state index contributed by atoms with van der Waals surface area (Å²) in [4.78, 5) is 11.8. The number of amides is 1. The number of hydrogen-bond donors (Lipinski definition) is 2. The minimum absolute atomic E-state index is 0.0257. The van der Waals surface area contributed by atoms with Crippen LogP contribution in [0.5, 0.6) is 0 Å². The largest absolute Gasteiger partial charge is 0.353 e. The number of nitrogens with one attached hydrogen (secondary N) is 1. The van der Waals surface area contributed by atoms with Gasteiger partial charge in [0.05, 0.1) is 0 Å². The van der Waals surface area contributed by atoms with Gasteiger partial charge in [0.2, 0.25) is 5.91 Å². The van der Waals surface area contributed by atoms with E-state index in [4.69, 9.17) is 5.73 Å². The Balaban J connectivity index is 4.24. The summed E-state index contributed by atoms with van der Waals surface area (Å²) in [6.07, 6.45) is 2.67. The zero-order valence-corrected chi connectivity index (χ0v) is 12.2. The number of carbonyl (C=O) groups is 1. The quantitative estimate of drug-likeness (QED) is 0.689. The smallest absolute Gasteiger partial charge is 0.235 e. The zero-order valence-electron chi connectivity index (χ0n) is 11.4. The van der Waals surface area contributed by atoms with Crippen LogP contribution >= 0.6 is 0 Å². The van der Waals surface area contributed by atoms with Crippen LogP contribution in [0.25, 0.3) is 0 Å². The van der Waals surface area contributed by atoms with Gasteiger partial charge in [-0.2, -0.15) is 0 Å². The maximum absolute atomic E-state index is 12.0. The summed E-state index contributed by atoms with van der Waals surface area (Å²) < 4.78 is 12.0. The van der Waals surface area contributed by atoms with Gasteiger partial charge in [0.25, 0.3) is 0 Å². The molecule has 0 fully saturated rings. The summed E-state index contributed by atoms with van der Waals surface area (Å²) in [5.74, 6) is -0.117. The van der Waals surface area contributed by atoms with Gasteiger partial charge >= 0.3 is 0 Å². The Kier molecular flexibility index (Phi) is 8.43. The SMILES string of the molecule is CCCC(C)NC(=O)C(C)S(=O)C(C)CCN. The summed E-state index contributed by atoms with van der Waals surface area (Å²) in [5, 5.41) is 2.41. The van der Waals surface area contributed by atoms with Crippen LogP contribution in [0.15, 0.2) is 0 Å². The summed E-state index contributed by atoms with van der Waals surface area (Å²) >= 11 is 0. The first-order valence-corrected chi connectivity index (χ1v) is 7.61. The van der Waals surface area contributed by atoms with Crippen LogP contribution in [0.1, 0.15) is 47.0 Å². The minimum Gasteiger partial charge on any atom is -0.353 e. The Morgan fingerprint density at radius 1 is 1.29 bits per heavy atom. The molecule has 4 nitrogen and oxygen atoms in total. The van der Waals surface area contributed by atoms with Crippen molar-refractivity contribution in [3.05, 3.63) is 0 Å². The van der Waals surface area contributed by atoms with E-state index in [2.05, 4.69) is 12.2 Å². The predicted octanol–water partition coefficient (Wildman–Crippen LogP) is 1.17. The van der Waals surface area contributed by atoms with Gasteiger partial charge in [-0.25, -0.2) is 0 Å². The molecule has 0 spiro atoms. The first-order valence-electron chi connectivity index (χ1n) is 6.33. The Bertz CT molecular complexity index is 259. The highest BCUT2D eigenvalue weighted by Gasteiger charge is 2.24. The first kappa shape index (κ1) is 16.6. The van der Waals surface area contributed by atoms with Crippen molar-refractivity contribution in [1.82, 2.24) is 5.32 Å². The molecular formula is C12H26N2O2S. The van der Waals surface area contributed by atoms with E-state index in [-0.39, 0.29) is 17.2 Å². The molecule has 1 amide bonds. The molecule has 102 valence electrons. The molecule has 0 radical (unpaired) electrons. The lowest BCUT2D eigenvalue weighted by molar-refractivity contribution is -0.121. The van der Waals surface area contributed by atoms with Crippen LogP contribution in [0.4, 0.5) is 0 Å². The fourth-order valence-electron chi connectivity index (χ4n) is 1.67. The van der Waals surface area contributed by atoms with E-state index in [1.165, 1.54) is 0 Å². The third-order valence-electron chi connectivity index (χ3n) is 2.80. The second-order valence-electron chi connectivity index (χ2n) is 4.56. The molecule has 0 aromatic heterocycles. The maximum atomic E-state index is 12.0. The molecule has 0 aliphatic carbocycles. The molecule has 0 rings (SSSR count). The fourth-order valence-corrected chi connectivity index (χ4v) is 3.01. The Hall–Kier alpha value is -0.420.